The molecular formula is C14H16FN3. The van der Waals surface area contributed by atoms with Gasteiger partial charge in [-0.1, -0.05) is 18.2 Å². The number of anilines is 1. The van der Waals surface area contributed by atoms with Crippen molar-refractivity contribution in [1.82, 2.24) is 9.78 Å². The summed E-state index contributed by atoms with van der Waals surface area (Å²) in [5.41, 5.74) is 8.27. The zero-order valence-electron chi connectivity index (χ0n) is 10.4. The minimum absolute atomic E-state index is 0.241. The third-order valence-electron chi connectivity index (χ3n) is 3.49. The maximum atomic E-state index is 13.9. The zero-order chi connectivity index (χ0) is 12.7. The van der Waals surface area contributed by atoms with Crippen molar-refractivity contribution in [2.75, 3.05) is 5.73 Å². The van der Waals surface area contributed by atoms with Crippen LogP contribution in [0.5, 0.6) is 0 Å². The number of nitrogens with two attached hydrogens (primary N) is 1. The third-order valence-corrected chi connectivity index (χ3v) is 3.49. The summed E-state index contributed by atoms with van der Waals surface area (Å²) in [5.74, 6) is 0.995. The van der Waals surface area contributed by atoms with E-state index in [4.69, 9.17) is 5.73 Å². The Bertz CT molecular complexity index is 585. The molecule has 2 N–H and O–H groups in total. The minimum Gasteiger partial charge on any atom is -0.383 e. The van der Waals surface area contributed by atoms with Gasteiger partial charge in [0.2, 0.25) is 0 Å². The van der Waals surface area contributed by atoms with Gasteiger partial charge in [-0.05, 0) is 31.2 Å². The van der Waals surface area contributed by atoms with Gasteiger partial charge >= 0.3 is 0 Å². The Kier molecular flexibility index (Phi) is 2.58. The lowest BCUT2D eigenvalue weighted by Crippen LogP contribution is -1.98. The summed E-state index contributed by atoms with van der Waals surface area (Å²) in [6.07, 6.45) is 3.38. The van der Waals surface area contributed by atoms with Crippen LogP contribution in [0.25, 0.3) is 11.1 Å². The average molecular weight is 245 g/mol. The summed E-state index contributed by atoms with van der Waals surface area (Å²) in [6.45, 7) is 0. The molecule has 0 amide bonds. The molecule has 0 unspecified atom stereocenters. The number of nitrogens with zero attached hydrogens (tertiary/aromatic N) is 2. The van der Waals surface area contributed by atoms with Gasteiger partial charge in [0.15, 0.2) is 0 Å². The van der Waals surface area contributed by atoms with Crippen LogP contribution in [0.2, 0.25) is 0 Å². The van der Waals surface area contributed by atoms with Crippen molar-refractivity contribution in [3.8, 4) is 11.1 Å². The summed E-state index contributed by atoms with van der Waals surface area (Å²) in [7, 11) is 1.80. The Morgan fingerprint density at radius 2 is 2.11 bits per heavy atom. The van der Waals surface area contributed by atoms with E-state index in [-0.39, 0.29) is 5.82 Å². The van der Waals surface area contributed by atoms with E-state index in [1.54, 1.807) is 23.9 Å². The smallest absolute Gasteiger partial charge is 0.131 e. The normalized spacial score (nSPS) is 15.0. The van der Waals surface area contributed by atoms with E-state index in [2.05, 4.69) is 5.10 Å². The van der Waals surface area contributed by atoms with E-state index in [1.165, 1.54) is 18.9 Å². The fourth-order valence-electron chi connectivity index (χ4n) is 2.29. The minimum atomic E-state index is -0.241. The molecular weight excluding hydrogens is 229 g/mol. The van der Waals surface area contributed by atoms with E-state index in [0.29, 0.717) is 17.3 Å². The highest BCUT2D eigenvalue weighted by Gasteiger charge is 2.26. The molecule has 1 aliphatic rings. The molecule has 0 bridgehead atoms. The van der Waals surface area contributed by atoms with Gasteiger partial charge in [0, 0.05) is 18.2 Å². The molecule has 4 heteroatoms. The molecule has 0 saturated heterocycles. The zero-order valence-corrected chi connectivity index (χ0v) is 10.4. The van der Waals surface area contributed by atoms with Crippen LogP contribution in [0.3, 0.4) is 0 Å². The first-order valence-electron chi connectivity index (χ1n) is 6.23. The van der Waals surface area contributed by atoms with E-state index in [9.17, 15) is 4.39 Å². The van der Waals surface area contributed by atoms with Crippen LogP contribution in [0, 0.1) is 11.7 Å². The molecule has 1 saturated carbocycles. The fraction of sp³-hybridized carbons (Fsp3) is 0.357. The molecule has 1 aliphatic carbocycles. The first kappa shape index (κ1) is 11.3. The van der Waals surface area contributed by atoms with Crippen LogP contribution in [-0.4, -0.2) is 9.78 Å². The number of hydrogen-bond donors (Lipinski definition) is 1. The third kappa shape index (κ3) is 1.88. The lowest BCUT2D eigenvalue weighted by molar-refractivity contribution is 0.631. The molecule has 1 aromatic carbocycles. The molecule has 3 rings (SSSR count). The van der Waals surface area contributed by atoms with Crippen LogP contribution in [0.1, 0.15) is 18.5 Å². The highest BCUT2D eigenvalue weighted by atomic mass is 19.1. The highest BCUT2D eigenvalue weighted by Crippen LogP contribution is 2.38. The van der Waals surface area contributed by atoms with E-state index in [1.807, 2.05) is 6.07 Å². The van der Waals surface area contributed by atoms with Gasteiger partial charge in [0.25, 0.3) is 0 Å². The van der Waals surface area contributed by atoms with Crippen molar-refractivity contribution >= 4 is 5.82 Å². The second kappa shape index (κ2) is 4.12. The van der Waals surface area contributed by atoms with Gasteiger partial charge < -0.3 is 5.73 Å². The number of halogens is 1. The number of aryl methyl sites for hydroxylation is 1. The highest BCUT2D eigenvalue weighted by molar-refractivity contribution is 5.77. The molecule has 1 fully saturated rings. The van der Waals surface area contributed by atoms with Crippen molar-refractivity contribution in [1.29, 1.82) is 0 Å². The van der Waals surface area contributed by atoms with Crippen LogP contribution >= 0.6 is 0 Å². The van der Waals surface area contributed by atoms with E-state index in [0.717, 1.165) is 17.7 Å². The van der Waals surface area contributed by atoms with Crippen molar-refractivity contribution < 1.29 is 4.39 Å². The number of nitrogen functional groups attached to an aromatic ring is 1. The van der Waals surface area contributed by atoms with Crippen molar-refractivity contribution in [3.05, 3.63) is 35.8 Å². The quantitative estimate of drug-likeness (QED) is 0.903. The fourth-order valence-corrected chi connectivity index (χ4v) is 2.29. The van der Waals surface area contributed by atoms with Crippen molar-refractivity contribution in [3.63, 3.8) is 0 Å². The van der Waals surface area contributed by atoms with Gasteiger partial charge in [0.1, 0.15) is 11.6 Å². The second-order valence-electron chi connectivity index (χ2n) is 4.96. The molecule has 18 heavy (non-hydrogen) atoms. The van der Waals surface area contributed by atoms with Crippen LogP contribution in [0.4, 0.5) is 10.2 Å². The Labute approximate surface area is 105 Å². The van der Waals surface area contributed by atoms with Gasteiger partial charge in [-0.25, -0.2) is 4.39 Å². The summed E-state index contributed by atoms with van der Waals surface area (Å²) in [6, 6.07) is 6.74. The number of hydrogen-bond acceptors (Lipinski definition) is 2. The van der Waals surface area contributed by atoms with Crippen LogP contribution in [-0.2, 0) is 13.5 Å². The van der Waals surface area contributed by atoms with Crippen LogP contribution < -0.4 is 5.73 Å². The predicted octanol–water partition coefficient (Wildman–Crippen LogP) is 2.76. The Morgan fingerprint density at radius 1 is 1.39 bits per heavy atom. The number of rotatable bonds is 3. The van der Waals surface area contributed by atoms with Crippen molar-refractivity contribution in [2.24, 2.45) is 13.0 Å². The second-order valence-corrected chi connectivity index (χ2v) is 4.96. The largest absolute Gasteiger partial charge is 0.383 e. The predicted molar refractivity (Wildman–Crippen MR) is 69.4 cm³/mol. The molecule has 1 aromatic heterocycles. The summed E-state index contributed by atoms with van der Waals surface area (Å²) in [5, 5.41) is 4.43. The first-order valence-corrected chi connectivity index (χ1v) is 6.23. The molecule has 0 aliphatic heterocycles. The Balaban J connectivity index is 2.11. The summed E-state index contributed by atoms with van der Waals surface area (Å²) < 4.78 is 15.5. The number of aromatic nitrogens is 2. The lowest BCUT2D eigenvalue weighted by Gasteiger charge is -2.05. The molecule has 2 aromatic rings. The maximum Gasteiger partial charge on any atom is 0.131 e. The monoisotopic (exact) mass is 245 g/mol. The van der Waals surface area contributed by atoms with Crippen LogP contribution in [0.15, 0.2) is 24.3 Å². The van der Waals surface area contributed by atoms with Gasteiger partial charge in [-0.3, -0.25) is 4.68 Å². The summed E-state index contributed by atoms with van der Waals surface area (Å²) >= 11 is 0. The molecule has 1 heterocycles. The molecule has 0 radical (unpaired) electrons. The first-order chi connectivity index (χ1) is 8.66. The molecule has 3 nitrogen and oxygen atoms in total. The standard InChI is InChI=1S/C14H16FN3/c1-18-14(16)13(10-4-2-3-5-11(10)15)12(17-18)8-9-6-7-9/h2-5,9H,6-8,16H2,1H3. The molecule has 94 valence electrons. The number of benzene rings is 1. The van der Waals surface area contributed by atoms with E-state index < -0.39 is 0 Å². The summed E-state index contributed by atoms with van der Waals surface area (Å²) in [4.78, 5) is 0. The molecule has 0 spiro atoms. The maximum absolute atomic E-state index is 13.9. The lowest BCUT2D eigenvalue weighted by atomic mass is 10.0. The SMILES string of the molecule is Cn1nc(CC2CC2)c(-c2ccccc2F)c1N. The van der Waals surface area contributed by atoms with Crippen molar-refractivity contribution in [2.45, 2.75) is 19.3 Å². The Hall–Kier alpha value is -1.84. The topological polar surface area (TPSA) is 43.8 Å². The molecule has 0 atom stereocenters. The van der Waals surface area contributed by atoms with Gasteiger partial charge in [-0.2, -0.15) is 5.10 Å². The van der Waals surface area contributed by atoms with E-state index >= 15 is 0 Å². The average Bonchev–Trinajstić information content (AvgIpc) is 3.10. The van der Waals surface area contributed by atoms with Gasteiger partial charge in [-0.15, -0.1) is 0 Å². The Morgan fingerprint density at radius 3 is 2.78 bits per heavy atom. The van der Waals surface area contributed by atoms with Gasteiger partial charge in [0.05, 0.1) is 5.69 Å².